The van der Waals surface area contributed by atoms with Crippen molar-refractivity contribution < 1.29 is 9.63 Å². The molecule has 0 bridgehead atoms. The molecule has 0 atom stereocenters. The number of oxime groups is 1. The van der Waals surface area contributed by atoms with Crippen molar-refractivity contribution in [1.82, 2.24) is 5.43 Å². The fraction of sp³-hybridized carbons (Fsp3) is 0.188. The summed E-state index contributed by atoms with van der Waals surface area (Å²) in [5.41, 5.74) is 4.50. The molecule has 1 aromatic heterocycles. The van der Waals surface area contributed by atoms with E-state index in [0.717, 1.165) is 16.2 Å². The molecule has 0 saturated heterocycles. The standard InChI is InChI=1S/C16H15Cl2N3O2S/c1-10(12-5-6-13(17)14(18)8-12)21-23-9-16(22)20-19-11(2)15-4-3-7-24-15/h3-8H,9H2,1-2H3,(H,20,22). The number of nitrogens with one attached hydrogen (secondary N) is 1. The minimum absolute atomic E-state index is 0.236. The average Bonchev–Trinajstić information content (AvgIpc) is 3.09. The summed E-state index contributed by atoms with van der Waals surface area (Å²) in [6, 6.07) is 8.97. The lowest BCUT2D eigenvalue weighted by atomic mass is 10.1. The molecule has 2 aromatic rings. The molecule has 1 amide bonds. The molecule has 0 aliphatic rings. The van der Waals surface area contributed by atoms with E-state index < -0.39 is 5.91 Å². The van der Waals surface area contributed by atoms with Gasteiger partial charge in [-0.3, -0.25) is 4.79 Å². The second-order valence-corrected chi connectivity index (χ2v) is 6.55. The van der Waals surface area contributed by atoms with Crippen LogP contribution in [0.25, 0.3) is 0 Å². The highest BCUT2D eigenvalue weighted by atomic mass is 35.5. The minimum atomic E-state index is -0.392. The van der Waals surface area contributed by atoms with Gasteiger partial charge in [0.1, 0.15) is 0 Å². The number of halogens is 2. The number of carbonyl (C=O) groups is 1. The fourth-order valence-corrected chi connectivity index (χ4v) is 2.65. The Morgan fingerprint density at radius 2 is 2.00 bits per heavy atom. The first-order valence-corrected chi connectivity index (χ1v) is 8.60. The van der Waals surface area contributed by atoms with E-state index in [1.165, 1.54) is 0 Å². The monoisotopic (exact) mass is 383 g/mol. The van der Waals surface area contributed by atoms with E-state index in [9.17, 15) is 4.79 Å². The third-order valence-corrected chi connectivity index (χ3v) is 4.68. The molecule has 0 aliphatic carbocycles. The summed E-state index contributed by atoms with van der Waals surface area (Å²) in [4.78, 5) is 17.7. The molecule has 8 heteroatoms. The molecule has 0 aliphatic heterocycles. The van der Waals surface area contributed by atoms with Crippen LogP contribution in [0.3, 0.4) is 0 Å². The Morgan fingerprint density at radius 1 is 1.21 bits per heavy atom. The largest absolute Gasteiger partial charge is 0.385 e. The molecule has 5 nitrogen and oxygen atoms in total. The van der Waals surface area contributed by atoms with Gasteiger partial charge in [-0.15, -0.1) is 11.3 Å². The van der Waals surface area contributed by atoms with Crippen LogP contribution >= 0.6 is 34.5 Å². The molecule has 0 unspecified atom stereocenters. The van der Waals surface area contributed by atoms with E-state index in [-0.39, 0.29) is 6.61 Å². The number of hydrogen-bond acceptors (Lipinski definition) is 5. The number of hydrogen-bond donors (Lipinski definition) is 1. The SMILES string of the molecule is CC(=NOCC(=O)NN=C(C)c1cccs1)c1ccc(Cl)c(Cl)c1. The van der Waals surface area contributed by atoms with Crippen LogP contribution in [0.1, 0.15) is 24.3 Å². The number of rotatable bonds is 6. The van der Waals surface area contributed by atoms with Crippen LogP contribution in [-0.2, 0) is 9.63 Å². The van der Waals surface area contributed by atoms with Gasteiger partial charge in [0, 0.05) is 10.4 Å². The van der Waals surface area contributed by atoms with E-state index in [2.05, 4.69) is 15.7 Å². The van der Waals surface area contributed by atoms with Crippen LogP contribution in [0.15, 0.2) is 46.0 Å². The highest BCUT2D eigenvalue weighted by Crippen LogP contribution is 2.22. The van der Waals surface area contributed by atoms with Gasteiger partial charge in [-0.05, 0) is 37.4 Å². The zero-order chi connectivity index (χ0) is 17.5. The van der Waals surface area contributed by atoms with Gasteiger partial charge in [0.2, 0.25) is 0 Å². The van der Waals surface area contributed by atoms with Gasteiger partial charge < -0.3 is 4.84 Å². The zero-order valence-electron chi connectivity index (χ0n) is 13.0. The zero-order valence-corrected chi connectivity index (χ0v) is 15.4. The third-order valence-electron chi connectivity index (χ3n) is 2.96. The highest BCUT2D eigenvalue weighted by Gasteiger charge is 2.05. The summed E-state index contributed by atoms with van der Waals surface area (Å²) in [6.07, 6.45) is 0. The minimum Gasteiger partial charge on any atom is -0.385 e. The number of thiophene rings is 1. The van der Waals surface area contributed by atoms with Crippen molar-refractivity contribution in [3.8, 4) is 0 Å². The highest BCUT2D eigenvalue weighted by molar-refractivity contribution is 7.12. The van der Waals surface area contributed by atoms with Crippen molar-refractivity contribution in [3.63, 3.8) is 0 Å². The van der Waals surface area contributed by atoms with Gasteiger partial charge in [0.25, 0.3) is 5.91 Å². The first-order valence-electron chi connectivity index (χ1n) is 6.96. The molecule has 0 fully saturated rings. The first-order chi connectivity index (χ1) is 11.5. The summed E-state index contributed by atoms with van der Waals surface area (Å²) >= 11 is 13.4. The summed E-state index contributed by atoms with van der Waals surface area (Å²) < 4.78 is 0. The summed E-state index contributed by atoms with van der Waals surface area (Å²) in [6.45, 7) is 3.33. The number of hydrazone groups is 1. The van der Waals surface area contributed by atoms with Crippen molar-refractivity contribution in [2.75, 3.05) is 6.61 Å². The van der Waals surface area contributed by atoms with Gasteiger partial charge >= 0.3 is 0 Å². The van der Waals surface area contributed by atoms with E-state index in [4.69, 9.17) is 28.0 Å². The number of nitrogens with zero attached hydrogens (tertiary/aromatic N) is 2. The summed E-state index contributed by atoms with van der Waals surface area (Å²) in [5.74, 6) is -0.392. The molecule has 0 saturated carbocycles. The Hall–Kier alpha value is -1.89. The van der Waals surface area contributed by atoms with Crippen LogP contribution in [0, 0.1) is 0 Å². The van der Waals surface area contributed by atoms with E-state index >= 15 is 0 Å². The van der Waals surface area contributed by atoms with Gasteiger partial charge in [-0.2, -0.15) is 5.10 Å². The third kappa shape index (κ3) is 5.33. The van der Waals surface area contributed by atoms with Gasteiger partial charge in [-0.25, -0.2) is 5.43 Å². The normalized spacial score (nSPS) is 12.2. The summed E-state index contributed by atoms with van der Waals surface area (Å²) in [5, 5.41) is 10.7. The van der Waals surface area contributed by atoms with Crippen molar-refractivity contribution in [3.05, 3.63) is 56.2 Å². The van der Waals surface area contributed by atoms with E-state index in [1.807, 2.05) is 24.4 Å². The molecule has 0 spiro atoms. The molecular weight excluding hydrogens is 369 g/mol. The topological polar surface area (TPSA) is 63.0 Å². The molecule has 1 aromatic carbocycles. The average molecular weight is 384 g/mol. The summed E-state index contributed by atoms with van der Waals surface area (Å²) in [7, 11) is 0. The molecular formula is C16H15Cl2N3O2S. The van der Waals surface area contributed by atoms with Crippen LogP contribution < -0.4 is 5.43 Å². The van der Waals surface area contributed by atoms with Crippen LogP contribution in [0.5, 0.6) is 0 Å². The maximum atomic E-state index is 11.7. The Bertz CT molecular complexity index is 774. The Balaban J connectivity index is 1.85. The molecule has 1 N–H and O–H groups in total. The number of amides is 1. The van der Waals surface area contributed by atoms with Crippen molar-refractivity contribution in [2.24, 2.45) is 10.3 Å². The maximum absolute atomic E-state index is 11.7. The van der Waals surface area contributed by atoms with Gasteiger partial charge in [0.15, 0.2) is 6.61 Å². The Labute approximate surface area is 153 Å². The molecule has 126 valence electrons. The smallest absolute Gasteiger partial charge is 0.280 e. The fourth-order valence-electron chi connectivity index (χ4n) is 1.68. The van der Waals surface area contributed by atoms with Crippen LogP contribution in [0.4, 0.5) is 0 Å². The Morgan fingerprint density at radius 3 is 2.67 bits per heavy atom. The van der Waals surface area contributed by atoms with Crippen molar-refractivity contribution in [2.45, 2.75) is 13.8 Å². The lowest BCUT2D eigenvalue weighted by Crippen LogP contribution is -2.23. The number of benzene rings is 1. The van der Waals surface area contributed by atoms with Crippen LogP contribution in [-0.4, -0.2) is 23.9 Å². The second-order valence-electron chi connectivity index (χ2n) is 4.79. The van der Waals surface area contributed by atoms with Crippen molar-refractivity contribution >= 4 is 51.9 Å². The maximum Gasteiger partial charge on any atom is 0.280 e. The van der Waals surface area contributed by atoms with Gasteiger partial charge in [-0.1, -0.05) is 40.5 Å². The van der Waals surface area contributed by atoms with Gasteiger partial charge in [0.05, 0.1) is 21.5 Å². The predicted octanol–water partition coefficient (Wildman–Crippen LogP) is 4.34. The first kappa shape index (κ1) is 18.4. The quantitative estimate of drug-likeness (QED) is 0.595. The van der Waals surface area contributed by atoms with E-state index in [0.29, 0.717) is 15.8 Å². The predicted molar refractivity (Wildman–Crippen MR) is 99.3 cm³/mol. The lowest BCUT2D eigenvalue weighted by molar-refractivity contribution is -0.125. The number of carbonyl (C=O) groups excluding carboxylic acids is 1. The van der Waals surface area contributed by atoms with E-state index in [1.54, 1.807) is 36.5 Å². The second kappa shape index (κ2) is 8.82. The molecule has 2 rings (SSSR count). The lowest BCUT2D eigenvalue weighted by Gasteiger charge is -2.04. The molecule has 24 heavy (non-hydrogen) atoms. The molecule has 1 heterocycles. The Kier molecular flexibility index (Phi) is 6.78. The molecule has 0 radical (unpaired) electrons. The van der Waals surface area contributed by atoms with Crippen molar-refractivity contribution in [1.29, 1.82) is 0 Å². The van der Waals surface area contributed by atoms with Crippen LogP contribution in [0.2, 0.25) is 10.0 Å².